The van der Waals surface area contributed by atoms with Crippen molar-refractivity contribution < 1.29 is 27.5 Å². The van der Waals surface area contributed by atoms with Gasteiger partial charge in [0.25, 0.3) is 11.8 Å². The largest absolute Gasteiger partial charge is 0.488 e. The average molecular weight is 408 g/mol. The smallest absolute Gasteiger partial charge is 0.280 e. The van der Waals surface area contributed by atoms with E-state index in [9.17, 15) is 13.6 Å². The van der Waals surface area contributed by atoms with Crippen molar-refractivity contribution in [3.8, 4) is 5.75 Å². The van der Waals surface area contributed by atoms with Gasteiger partial charge in [-0.25, -0.2) is 13.8 Å². The van der Waals surface area contributed by atoms with Crippen LogP contribution in [0.25, 0.3) is 11.0 Å². The van der Waals surface area contributed by atoms with E-state index in [1.54, 1.807) is 24.6 Å². The van der Waals surface area contributed by atoms with Gasteiger partial charge in [-0.05, 0) is 26.0 Å². The number of nitrogens with zero attached hydrogens (tertiary/aromatic N) is 1. The van der Waals surface area contributed by atoms with Crippen LogP contribution in [0.15, 0.2) is 22.1 Å². The number of nitrogens with two attached hydrogens (primary N) is 1. The summed E-state index contributed by atoms with van der Waals surface area (Å²) in [5.74, 6) is -4.59. The molecule has 28 heavy (non-hydrogen) atoms. The van der Waals surface area contributed by atoms with Gasteiger partial charge < -0.3 is 19.6 Å². The Labute approximate surface area is 163 Å². The van der Waals surface area contributed by atoms with Crippen molar-refractivity contribution in [2.24, 2.45) is 5.73 Å². The van der Waals surface area contributed by atoms with E-state index < -0.39 is 24.4 Å². The monoisotopic (exact) mass is 408 g/mol. The number of hydrogen-bond acceptors (Lipinski definition) is 6. The van der Waals surface area contributed by atoms with Crippen LogP contribution in [0.1, 0.15) is 38.2 Å². The average Bonchev–Trinajstić information content (AvgIpc) is 3.28. The van der Waals surface area contributed by atoms with Crippen LogP contribution in [0, 0.1) is 13.8 Å². The molecule has 0 spiro atoms. The van der Waals surface area contributed by atoms with Crippen molar-refractivity contribution in [3.05, 3.63) is 45.1 Å². The van der Waals surface area contributed by atoms with Gasteiger partial charge in [0.05, 0.1) is 34.2 Å². The Morgan fingerprint density at radius 1 is 1.43 bits per heavy atom. The Hall–Kier alpha value is -2.52. The number of ether oxygens (including phenoxy) is 2. The Kier molecular flexibility index (Phi) is 4.59. The van der Waals surface area contributed by atoms with Crippen LogP contribution in [-0.2, 0) is 11.3 Å². The second-order valence-corrected chi connectivity index (χ2v) is 7.67. The van der Waals surface area contributed by atoms with E-state index in [-0.39, 0.29) is 41.2 Å². The molecule has 0 bridgehead atoms. The van der Waals surface area contributed by atoms with Crippen molar-refractivity contribution in [2.45, 2.75) is 32.3 Å². The highest BCUT2D eigenvalue weighted by molar-refractivity contribution is 7.09. The number of aromatic nitrogens is 1. The number of carbonyl (C=O) groups excluding carboxylic acids is 1. The summed E-state index contributed by atoms with van der Waals surface area (Å²) in [7, 11) is 0. The lowest BCUT2D eigenvalue weighted by atomic mass is 9.89. The number of halogens is 2. The molecule has 1 amide bonds. The molecule has 1 saturated heterocycles. The Morgan fingerprint density at radius 2 is 2.21 bits per heavy atom. The molecule has 4 rings (SSSR count). The molecule has 148 valence electrons. The number of furan rings is 1. The summed E-state index contributed by atoms with van der Waals surface area (Å²) in [5, 5.41) is 0.263. The highest BCUT2D eigenvalue weighted by Crippen LogP contribution is 2.47. The molecule has 3 aromatic rings. The van der Waals surface area contributed by atoms with E-state index in [0.717, 1.165) is 10.6 Å². The molecule has 1 fully saturated rings. The van der Waals surface area contributed by atoms with E-state index in [1.165, 1.54) is 11.3 Å². The molecular weight excluding hydrogens is 390 g/mol. The third kappa shape index (κ3) is 3.04. The number of thiazole rings is 1. The third-order valence-corrected chi connectivity index (χ3v) is 5.83. The first kappa shape index (κ1) is 18.8. The number of amides is 1. The highest BCUT2D eigenvalue weighted by Gasteiger charge is 2.48. The third-order valence-electron chi connectivity index (χ3n) is 4.92. The summed E-state index contributed by atoms with van der Waals surface area (Å²) in [6, 6.07) is 3.18. The van der Waals surface area contributed by atoms with E-state index >= 15 is 0 Å². The Balaban J connectivity index is 1.89. The number of aryl methyl sites for hydroxylation is 2. The van der Waals surface area contributed by atoms with Crippen molar-refractivity contribution in [3.63, 3.8) is 0 Å². The van der Waals surface area contributed by atoms with Gasteiger partial charge in [0.2, 0.25) is 0 Å². The normalized spacial score (nSPS) is 18.6. The maximum atomic E-state index is 14.6. The lowest BCUT2D eigenvalue weighted by Crippen LogP contribution is -2.25. The summed E-state index contributed by atoms with van der Waals surface area (Å²) >= 11 is 1.42. The van der Waals surface area contributed by atoms with Gasteiger partial charge in [-0.2, -0.15) is 0 Å². The number of fused-ring (bicyclic) bond motifs is 1. The van der Waals surface area contributed by atoms with Gasteiger partial charge in [0.15, 0.2) is 0 Å². The minimum absolute atomic E-state index is 0.0899. The van der Waals surface area contributed by atoms with Gasteiger partial charge in [-0.1, -0.05) is 0 Å². The topological polar surface area (TPSA) is 87.6 Å². The van der Waals surface area contributed by atoms with Crippen LogP contribution in [0.5, 0.6) is 5.75 Å². The summed E-state index contributed by atoms with van der Waals surface area (Å²) < 4.78 is 45.7. The molecule has 0 saturated carbocycles. The van der Waals surface area contributed by atoms with Crippen LogP contribution in [0.2, 0.25) is 0 Å². The van der Waals surface area contributed by atoms with Gasteiger partial charge >= 0.3 is 0 Å². The molecule has 1 aliphatic heterocycles. The van der Waals surface area contributed by atoms with Crippen molar-refractivity contribution in [2.75, 3.05) is 13.2 Å². The van der Waals surface area contributed by atoms with Crippen molar-refractivity contribution in [1.29, 1.82) is 0 Å². The van der Waals surface area contributed by atoms with Gasteiger partial charge in [0.1, 0.15) is 30.3 Å². The van der Waals surface area contributed by atoms with E-state index in [4.69, 9.17) is 19.6 Å². The lowest BCUT2D eigenvalue weighted by molar-refractivity contribution is -0.0184. The quantitative estimate of drug-likeness (QED) is 0.691. The highest BCUT2D eigenvalue weighted by atomic mass is 32.1. The number of primary amides is 1. The molecule has 2 aromatic heterocycles. The summed E-state index contributed by atoms with van der Waals surface area (Å²) in [6.07, 6.45) is 0. The molecule has 9 heteroatoms. The van der Waals surface area contributed by atoms with Crippen molar-refractivity contribution >= 4 is 28.2 Å². The standard InChI is InChI=1S/C19H18F2N2O4S/c1-9-14(28-8-23-9)6-26-12-3-4-13-17(15(18(22)24)10(2)27-13)16(12)11-5-25-7-19(11,20)21/h3-4,8,11H,5-7H2,1-2H3,(H2,22,24). The summed E-state index contributed by atoms with van der Waals surface area (Å²) in [6.45, 7) is 2.73. The zero-order chi connectivity index (χ0) is 20.1. The van der Waals surface area contributed by atoms with Crippen molar-refractivity contribution in [1.82, 2.24) is 4.98 Å². The van der Waals surface area contributed by atoms with Crippen LogP contribution in [0.3, 0.4) is 0 Å². The fourth-order valence-corrected chi connectivity index (χ4v) is 4.21. The second kappa shape index (κ2) is 6.82. The first-order valence-corrected chi connectivity index (χ1v) is 9.50. The number of carbonyl (C=O) groups is 1. The number of alkyl halides is 2. The fraction of sp³-hybridized carbons (Fsp3) is 0.368. The summed E-state index contributed by atoms with van der Waals surface area (Å²) in [4.78, 5) is 17.1. The first-order valence-electron chi connectivity index (χ1n) is 8.62. The molecule has 1 unspecified atom stereocenters. The predicted octanol–water partition coefficient (Wildman–Crippen LogP) is 3.93. The minimum atomic E-state index is -3.10. The molecule has 1 atom stereocenters. The Bertz CT molecular complexity index is 1060. The minimum Gasteiger partial charge on any atom is -0.488 e. The lowest BCUT2D eigenvalue weighted by Gasteiger charge is -2.21. The van der Waals surface area contributed by atoms with Crippen LogP contribution >= 0.6 is 11.3 Å². The molecule has 6 nitrogen and oxygen atoms in total. The van der Waals surface area contributed by atoms with Gasteiger partial charge in [-0.15, -0.1) is 11.3 Å². The number of hydrogen-bond donors (Lipinski definition) is 1. The fourth-order valence-electron chi connectivity index (χ4n) is 3.52. The maximum Gasteiger partial charge on any atom is 0.280 e. The molecule has 2 N–H and O–H groups in total. The van der Waals surface area contributed by atoms with E-state index in [1.807, 2.05) is 6.92 Å². The van der Waals surface area contributed by atoms with Gasteiger partial charge in [-0.3, -0.25) is 4.79 Å². The molecule has 1 aliphatic rings. The van der Waals surface area contributed by atoms with E-state index in [2.05, 4.69) is 4.98 Å². The predicted molar refractivity (Wildman–Crippen MR) is 99.2 cm³/mol. The maximum absolute atomic E-state index is 14.6. The zero-order valence-corrected chi connectivity index (χ0v) is 16.1. The first-order chi connectivity index (χ1) is 13.3. The molecule has 0 aliphatic carbocycles. The van der Waals surface area contributed by atoms with Crippen LogP contribution < -0.4 is 10.5 Å². The summed E-state index contributed by atoms with van der Waals surface area (Å²) in [5.41, 5.74) is 8.62. The van der Waals surface area contributed by atoms with E-state index in [0.29, 0.717) is 5.58 Å². The Morgan fingerprint density at radius 3 is 2.82 bits per heavy atom. The van der Waals surface area contributed by atoms with Gasteiger partial charge in [0, 0.05) is 10.9 Å². The SMILES string of the molecule is Cc1ncsc1COc1ccc2oc(C)c(C(N)=O)c2c1C1COCC1(F)F. The number of rotatable bonds is 5. The van der Waals surface area contributed by atoms with Crippen LogP contribution in [0.4, 0.5) is 8.78 Å². The second-order valence-electron chi connectivity index (χ2n) is 6.73. The number of benzene rings is 1. The molecule has 0 radical (unpaired) electrons. The molecule has 3 heterocycles. The van der Waals surface area contributed by atoms with Crippen LogP contribution in [-0.4, -0.2) is 30.0 Å². The molecule has 1 aromatic carbocycles. The zero-order valence-electron chi connectivity index (χ0n) is 15.3. The molecular formula is C19H18F2N2O4S.